The third-order valence-electron chi connectivity index (χ3n) is 3.49. The fraction of sp³-hybridized carbons (Fsp3) is 0.250. The molecule has 0 saturated heterocycles. The lowest BCUT2D eigenvalue weighted by Gasteiger charge is -2.18. The Kier molecular flexibility index (Phi) is 3.45. The maximum absolute atomic E-state index is 10.3. The third-order valence-corrected chi connectivity index (χ3v) is 3.86. The van der Waals surface area contributed by atoms with Gasteiger partial charge in [0.1, 0.15) is 11.9 Å². The number of halogens is 1. The van der Waals surface area contributed by atoms with Gasteiger partial charge in [-0.15, -0.1) is 0 Å². The smallest absolute Gasteiger partial charge is 0.129 e. The number of rotatable bonds is 3. The molecule has 1 heterocycles. The molecule has 0 aliphatic carbocycles. The average Bonchev–Trinajstić information content (AvgIpc) is 2.85. The van der Waals surface area contributed by atoms with Gasteiger partial charge in [0, 0.05) is 17.9 Å². The maximum Gasteiger partial charge on any atom is 0.129 e. The van der Waals surface area contributed by atoms with Crippen LogP contribution in [0.4, 0.5) is 0 Å². The zero-order valence-corrected chi connectivity index (χ0v) is 11.2. The van der Waals surface area contributed by atoms with Crippen LogP contribution >= 0.6 is 11.6 Å². The molecule has 0 radical (unpaired) electrons. The van der Waals surface area contributed by atoms with Crippen LogP contribution < -0.4 is 4.74 Å². The normalized spacial score (nSPS) is 18.7. The van der Waals surface area contributed by atoms with E-state index in [2.05, 4.69) is 0 Å². The van der Waals surface area contributed by atoms with Crippen LogP contribution in [0.3, 0.4) is 0 Å². The number of para-hydroxylation sites is 1. The second kappa shape index (κ2) is 5.24. The predicted molar refractivity (Wildman–Crippen MR) is 75.7 cm³/mol. The molecule has 2 aromatic rings. The van der Waals surface area contributed by atoms with E-state index < -0.39 is 6.10 Å². The Labute approximate surface area is 117 Å². The zero-order valence-electron chi connectivity index (χ0n) is 10.4. The van der Waals surface area contributed by atoms with Crippen molar-refractivity contribution < 1.29 is 9.84 Å². The second-order valence-electron chi connectivity index (χ2n) is 4.83. The zero-order chi connectivity index (χ0) is 13.2. The Hall–Kier alpha value is -1.51. The van der Waals surface area contributed by atoms with Crippen LogP contribution in [0.2, 0.25) is 5.02 Å². The van der Waals surface area contributed by atoms with Gasteiger partial charge >= 0.3 is 0 Å². The minimum atomic E-state index is -0.549. The van der Waals surface area contributed by atoms with Gasteiger partial charge in [-0.1, -0.05) is 48.0 Å². The van der Waals surface area contributed by atoms with Crippen LogP contribution in [-0.2, 0) is 12.8 Å². The topological polar surface area (TPSA) is 29.5 Å². The summed E-state index contributed by atoms with van der Waals surface area (Å²) in [5.41, 5.74) is 2.11. The first-order chi connectivity index (χ1) is 9.24. The van der Waals surface area contributed by atoms with Crippen LogP contribution in [0.25, 0.3) is 0 Å². The monoisotopic (exact) mass is 274 g/mol. The van der Waals surface area contributed by atoms with Gasteiger partial charge in [0.2, 0.25) is 0 Å². The van der Waals surface area contributed by atoms with Gasteiger partial charge in [-0.3, -0.25) is 0 Å². The lowest BCUT2D eigenvalue weighted by Crippen LogP contribution is -2.32. The SMILES string of the molecule is OC(Cc1ccccc1Cl)C1Cc2ccccc2O1. The largest absolute Gasteiger partial charge is 0.487 e. The number of aliphatic hydroxyl groups is 1. The van der Waals surface area contributed by atoms with E-state index in [1.807, 2.05) is 48.5 Å². The van der Waals surface area contributed by atoms with Crippen LogP contribution in [0.5, 0.6) is 5.75 Å². The molecule has 0 spiro atoms. The summed E-state index contributed by atoms with van der Waals surface area (Å²) in [6, 6.07) is 15.5. The fourth-order valence-electron chi connectivity index (χ4n) is 2.44. The average molecular weight is 275 g/mol. The molecule has 2 nitrogen and oxygen atoms in total. The van der Waals surface area contributed by atoms with Crippen molar-refractivity contribution in [2.45, 2.75) is 25.0 Å². The van der Waals surface area contributed by atoms with E-state index in [9.17, 15) is 5.11 Å². The summed E-state index contributed by atoms with van der Waals surface area (Å²) < 4.78 is 5.79. The molecular formula is C16H15ClO2. The Bertz CT molecular complexity index is 557. The van der Waals surface area contributed by atoms with Crippen LogP contribution in [0.15, 0.2) is 48.5 Å². The Morgan fingerprint density at radius 3 is 2.68 bits per heavy atom. The maximum atomic E-state index is 10.3. The van der Waals surface area contributed by atoms with Crippen molar-refractivity contribution in [2.24, 2.45) is 0 Å². The van der Waals surface area contributed by atoms with E-state index in [1.165, 1.54) is 0 Å². The summed E-state index contributed by atoms with van der Waals surface area (Å²) in [5, 5.41) is 11.0. The van der Waals surface area contributed by atoms with E-state index in [0.717, 1.165) is 23.3 Å². The Balaban J connectivity index is 1.70. The number of ether oxygens (including phenoxy) is 1. The molecule has 2 aromatic carbocycles. The minimum Gasteiger partial charge on any atom is -0.487 e. The number of hydrogen-bond donors (Lipinski definition) is 1. The van der Waals surface area contributed by atoms with Crippen molar-refractivity contribution in [2.75, 3.05) is 0 Å². The van der Waals surface area contributed by atoms with Gasteiger partial charge in [0.25, 0.3) is 0 Å². The third kappa shape index (κ3) is 2.60. The molecule has 0 bridgehead atoms. The number of benzene rings is 2. The lowest BCUT2D eigenvalue weighted by molar-refractivity contribution is 0.0503. The molecule has 1 aliphatic rings. The van der Waals surface area contributed by atoms with Gasteiger partial charge in [0.05, 0.1) is 6.10 Å². The number of fused-ring (bicyclic) bond motifs is 1. The highest BCUT2D eigenvalue weighted by atomic mass is 35.5. The number of aliphatic hydroxyl groups excluding tert-OH is 1. The highest BCUT2D eigenvalue weighted by molar-refractivity contribution is 6.31. The van der Waals surface area contributed by atoms with Crippen LogP contribution in [0.1, 0.15) is 11.1 Å². The molecule has 1 N–H and O–H groups in total. The van der Waals surface area contributed by atoms with Crippen molar-refractivity contribution in [3.8, 4) is 5.75 Å². The first kappa shape index (κ1) is 12.5. The van der Waals surface area contributed by atoms with Crippen molar-refractivity contribution in [1.29, 1.82) is 0 Å². The Morgan fingerprint density at radius 2 is 1.89 bits per heavy atom. The van der Waals surface area contributed by atoms with E-state index in [-0.39, 0.29) is 6.10 Å². The molecule has 2 unspecified atom stereocenters. The standard InChI is InChI=1S/C16H15ClO2/c17-13-7-3-1-5-11(13)9-14(18)16-10-12-6-2-4-8-15(12)19-16/h1-8,14,16,18H,9-10H2. The van der Waals surface area contributed by atoms with Crippen molar-refractivity contribution in [1.82, 2.24) is 0 Å². The summed E-state index contributed by atoms with van der Waals surface area (Å²) in [4.78, 5) is 0. The fourth-order valence-corrected chi connectivity index (χ4v) is 2.66. The van der Waals surface area contributed by atoms with Crippen molar-refractivity contribution in [3.05, 3.63) is 64.7 Å². The predicted octanol–water partition coefficient (Wildman–Crippen LogP) is 3.25. The molecule has 0 aromatic heterocycles. The molecule has 1 aliphatic heterocycles. The van der Waals surface area contributed by atoms with E-state index >= 15 is 0 Å². The molecular weight excluding hydrogens is 260 g/mol. The molecule has 3 heteroatoms. The quantitative estimate of drug-likeness (QED) is 0.931. The highest BCUT2D eigenvalue weighted by Gasteiger charge is 2.29. The summed E-state index contributed by atoms with van der Waals surface area (Å²) in [5.74, 6) is 0.880. The summed E-state index contributed by atoms with van der Waals surface area (Å²) in [6.45, 7) is 0. The minimum absolute atomic E-state index is 0.186. The number of hydrogen-bond acceptors (Lipinski definition) is 2. The molecule has 0 saturated carbocycles. The van der Waals surface area contributed by atoms with Gasteiger partial charge in [-0.05, 0) is 23.3 Å². The van der Waals surface area contributed by atoms with Crippen LogP contribution in [0, 0.1) is 0 Å². The van der Waals surface area contributed by atoms with Gasteiger partial charge in [0.15, 0.2) is 0 Å². The van der Waals surface area contributed by atoms with Gasteiger partial charge < -0.3 is 9.84 Å². The lowest BCUT2D eigenvalue weighted by atomic mass is 10.0. The van der Waals surface area contributed by atoms with Crippen molar-refractivity contribution in [3.63, 3.8) is 0 Å². The van der Waals surface area contributed by atoms with Crippen LogP contribution in [-0.4, -0.2) is 17.3 Å². The van der Waals surface area contributed by atoms with Crippen molar-refractivity contribution >= 4 is 11.6 Å². The first-order valence-electron chi connectivity index (χ1n) is 6.40. The van der Waals surface area contributed by atoms with E-state index in [4.69, 9.17) is 16.3 Å². The Morgan fingerprint density at radius 1 is 1.16 bits per heavy atom. The van der Waals surface area contributed by atoms with Gasteiger partial charge in [-0.25, -0.2) is 0 Å². The summed E-state index contributed by atoms with van der Waals surface area (Å²) in [7, 11) is 0. The molecule has 2 atom stereocenters. The second-order valence-corrected chi connectivity index (χ2v) is 5.24. The molecule has 98 valence electrons. The van der Waals surface area contributed by atoms with Gasteiger partial charge in [-0.2, -0.15) is 0 Å². The van der Waals surface area contributed by atoms with E-state index in [1.54, 1.807) is 0 Å². The first-order valence-corrected chi connectivity index (χ1v) is 6.78. The van der Waals surface area contributed by atoms with E-state index in [0.29, 0.717) is 11.4 Å². The summed E-state index contributed by atoms with van der Waals surface area (Å²) >= 11 is 6.11. The molecule has 0 fully saturated rings. The molecule has 0 amide bonds. The highest BCUT2D eigenvalue weighted by Crippen LogP contribution is 2.30. The molecule has 19 heavy (non-hydrogen) atoms. The summed E-state index contributed by atoms with van der Waals surface area (Å²) in [6.07, 6.45) is 0.529. The molecule has 3 rings (SSSR count).